The smallest absolute Gasteiger partial charge is 0.417 e. The van der Waals surface area contributed by atoms with Crippen LogP contribution in [0.15, 0.2) is 67.0 Å². The van der Waals surface area contributed by atoms with E-state index in [1.54, 1.807) is 24.3 Å². The van der Waals surface area contributed by atoms with Crippen LogP contribution < -0.4 is 14.9 Å². The lowest BCUT2D eigenvalue weighted by Gasteiger charge is -2.38. The third-order valence-corrected chi connectivity index (χ3v) is 4.93. The Morgan fingerprint density at radius 3 is 2.45 bits per heavy atom. The van der Waals surface area contributed by atoms with Crippen molar-refractivity contribution >= 4 is 28.9 Å². The molecule has 1 N–H and O–H groups in total. The van der Waals surface area contributed by atoms with E-state index in [0.29, 0.717) is 21.5 Å². The minimum Gasteiger partial charge on any atom is -0.619 e. The molecular weight excluding hydrogens is 407 g/mol. The predicted octanol–water partition coefficient (Wildman–Crippen LogP) is 4.76. The van der Waals surface area contributed by atoms with E-state index in [1.165, 1.54) is 35.5 Å². The van der Waals surface area contributed by atoms with Gasteiger partial charge in [-0.15, -0.1) is 0 Å². The number of para-hydroxylation sites is 1. The quantitative estimate of drug-likeness (QED) is 0.481. The number of anilines is 2. The third kappa shape index (κ3) is 3.47. The number of alkyl halides is 3. The second-order valence-electron chi connectivity index (χ2n) is 6.42. The third-order valence-electron chi connectivity index (χ3n) is 4.60. The first-order valence-electron chi connectivity index (χ1n) is 8.50. The fourth-order valence-electron chi connectivity index (χ4n) is 3.24. The minimum atomic E-state index is -4.67. The maximum atomic E-state index is 13.4. The average molecular weight is 420 g/mol. The predicted molar refractivity (Wildman–Crippen MR) is 101 cm³/mol. The van der Waals surface area contributed by atoms with Crippen LogP contribution in [0.1, 0.15) is 27.7 Å². The van der Waals surface area contributed by atoms with Gasteiger partial charge in [-0.2, -0.15) is 17.9 Å². The molecule has 0 spiro atoms. The normalized spacial score (nSPS) is 16.3. The van der Waals surface area contributed by atoms with E-state index in [0.717, 1.165) is 12.1 Å². The molecular formula is C20H13ClF3N3O2. The summed E-state index contributed by atoms with van der Waals surface area (Å²) in [5.74, 6) is -0.473. The molecule has 2 aromatic carbocycles. The van der Waals surface area contributed by atoms with Crippen molar-refractivity contribution in [1.82, 2.24) is 0 Å². The molecule has 0 radical (unpaired) electrons. The highest BCUT2D eigenvalue weighted by Gasteiger charge is 2.38. The summed E-state index contributed by atoms with van der Waals surface area (Å²) in [7, 11) is 0. The van der Waals surface area contributed by atoms with Crippen LogP contribution in [0.5, 0.6) is 0 Å². The highest BCUT2D eigenvalue weighted by atomic mass is 35.5. The van der Waals surface area contributed by atoms with Gasteiger partial charge in [0.25, 0.3) is 5.91 Å². The molecule has 148 valence electrons. The number of aromatic nitrogens is 1. The number of benzene rings is 2. The maximum Gasteiger partial charge on any atom is 0.417 e. The molecule has 1 aliphatic heterocycles. The fourth-order valence-corrected chi connectivity index (χ4v) is 3.46. The number of pyridine rings is 1. The van der Waals surface area contributed by atoms with E-state index in [4.69, 9.17) is 11.6 Å². The molecule has 29 heavy (non-hydrogen) atoms. The lowest BCUT2D eigenvalue weighted by Crippen LogP contribution is -2.43. The molecule has 1 aromatic heterocycles. The molecule has 9 heteroatoms. The van der Waals surface area contributed by atoms with Gasteiger partial charge in [-0.3, -0.25) is 9.69 Å². The van der Waals surface area contributed by atoms with Gasteiger partial charge in [0.05, 0.1) is 16.1 Å². The van der Waals surface area contributed by atoms with E-state index in [1.807, 2.05) is 0 Å². The molecule has 2 heterocycles. The molecule has 5 nitrogen and oxygen atoms in total. The molecule has 0 bridgehead atoms. The first-order chi connectivity index (χ1) is 13.8. The van der Waals surface area contributed by atoms with Crippen LogP contribution in [0.25, 0.3) is 0 Å². The number of nitrogens with zero attached hydrogens (tertiary/aromatic N) is 2. The summed E-state index contributed by atoms with van der Waals surface area (Å²) >= 11 is 5.73. The number of fused-ring (bicyclic) bond motifs is 1. The molecule has 1 amide bonds. The fraction of sp³-hybridized carbons (Fsp3) is 0.100. The number of hydrogen-bond acceptors (Lipinski definition) is 3. The molecule has 1 aliphatic rings. The van der Waals surface area contributed by atoms with Gasteiger partial charge in [-0.25, -0.2) is 0 Å². The van der Waals surface area contributed by atoms with Gasteiger partial charge < -0.3 is 10.5 Å². The van der Waals surface area contributed by atoms with E-state index in [-0.39, 0.29) is 5.69 Å². The lowest BCUT2D eigenvalue weighted by atomic mass is 10.0. The number of rotatable bonds is 2. The van der Waals surface area contributed by atoms with Crippen molar-refractivity contribution in [3.8, 4) is 0 Å². The number of carbonyl (C=O) groups excluding carboxylic acids is 1. The summed E-state index contributed by atoms with van der Waals surface area (Å²) in [6, 6.07) is 13.0. The summed E-state index contributed by atoms with van der Waals surface area (Å²) in [5, 5.41) is 14.1. The minimum absolute atomic E-state index is 0.0255. The second kappa shape index (κ2) is 6.97. The molecule has 0 fully saturated rings. The number of hydrogen-bond donors (Lipinski definition) is 1. The van der Waals surface area contributed by atoms with Crippen molar-refractivity contribution < 1.29 is 22.7 Å². The van der Waals surface area contributed by atoms with Crippen LogP contribution in [0.3, 0.4) is 0 Å². The van der Waals surface area contributed by atoms with Crippen molar-refractivity contribution in [2.45, 2.75) is 12.3 Å². The van der Waals surface area contributed by atoms with Gasteiger partial charge in [0, 0.05) is 29.1 Å². The SMILES string of the molecule is O=C1c2ccccc2NC(c2cc[n+]([O-])cc2)N1c1ccc(Cl)c(C(F)(F)F)c1. The summed E-state index contributed by atoms with van der Waals surface area (Å²) in [4.78, 5) is 14.4. The zero-order chi connectivity index (χ0) is 20.8. The average Bonchev–Trinajstić information content (AvgIpc) is 2.68. The van der Waals surface area contributed by atoms with Crippen molar-refractivity contribution in [1.29, 1.82) is 0 Å². The van der Waals surface area contributed by atoms with Gasteiger partial charge in [0.1, 0.15) is 6.17 Å². The van der Waals surface area contributed by atoms with Crippen LogP contribution in [-0.2, 0) is 6.18 Å². The monoisotopic (exact) mass is 419 g/mol. The molecule has 0 aliphatic carbocycles. The lowest BCUT2D eigenvalue weighted by molar-refractivity contribution is -0.605. The van der Waals surface area contributed by atoms with Gasteiger partial charge in [0.15, 0.2) is 12.4 Å². The molecule has 3 aromatic rings. The first kappa shape index (κ1) is 19.1. The zero-order valence-electron chi connectivity index (χ0n) is 14.7. The zero-order valence-corrected chi connectivity index (χ0v) is 15.4. The molecule has 1 unspecified atom stereocenters. The standard InChI is InChI=1S/C20H13ClF3N3O2/c21-16-6-5-13(11-15(16)20(22,23)24)27-18(12-7-9-26(29)10-8-12)25-17-4-2-1-3-14(17)19(27)28/h1-11,18,25H. The molecule has 4 rings (SSSR count). The molecule has 0 saturated carbocycles. The largest absolute Gasteiger partial charge is 0.619 e. The van der Waals surface area contributed by atoms with Crippen LogP contribution in [0.4, 0.5) is 24.5 Å². The molecule has 0 saturated heterocycles. The summed E-state index contributed by atoms with van der Waals surface area (Å²) in [6.45, 7) is 0. The Hall–Kier alpha value is -3.26. The van der Waals surface area contributed by atoms with E-state index in [9.17, 15) is 23.2 Å². The maximum absolute atomic E-state index is 13.4. The Labute approximate surface area is 168 Å². The van der Waals surface area contributed by atoms with E-state index in [2.05, 4.69) is 5.32 Å². The Bertz CT molecular complexity index is 1090. The highest BCUT2D eigenvalue weighted by Crippen LogP contribution is 2.41. The Morgan fingerprint density at radius 2 is 1.76 bits per heavy atom. The van der Waals surface area contributed by atoms with Crippen molar-refractivity contribution in [3.05, 3.63) is 93.9 Å². The van der Waals surface area contributed by atoms with Gasteiger partial charge in [-0.05, 0) is 30.3 Å². The second-order valence-corrected chi connectivity index (χ2v) is 6.83. The van der Waals surface area contributed by atoms with Crippen molar-refractivity contribution in [2.75, 3.05) is 10.2 Å². The Balaban J connectivity index is 1.88. The molecule has 1 atom stereocenters. The summed E-state index contributed by atoms with van der Waals surface area (Å²) < 4.78 is 40.6. The number of nitrogens with one attached hydrogen (secondary N) is 1. The van der Waals surface area contributed by atoms with Crippen molar-refractivity contribution in [3.63, 3.8) is 0 Å². The number of halogens is 4. The van der Waals surface area contributed by atoms with E-state index >= 15 is 0 Å². The van der Waals surface area contributed by atoms with Gasteiger partial charge >= 0.3 is 6.18 Å². The van der Waals surface area contributed by atoms with Crippen molar-refractivity contribution in [2.24, 2.45) is 0 Å². The van der Waals surface area contributed by atoms with E-state index < -0.39 is 28.8 Å². The summed E-state index contributed by atoms with van der Waals surface area (Å²) in [6.07, 6.45) is -2.99. The van der Waals surface area contributed by atoms with Crippen LogP contribution in [0.2, 0.25) is 5.02 Å². The van der Waals surface area contributed by atoms with Crippen LogP contribution in [0, 0.1) is 5.21 Å². The Kier molecular flexibility index (Phi) is 4.58. The first-order valence-corrected chi connectivity index (χ1v) is 8.88. The topological polar surface area (TPSA) is 59.3 Å². The highest BCUT2D eigenvalue weighted by molar-refractivity contribution is 6.31. The number of carbonyl (C=O) groups is 1. The van der Waals surface area contributed by atoms with Gasteiger partial charge in [-0.1, -0.05) is 23.7 Å². The summed E-state index contributed by atoms with van der Waals surface area (Å²) in [5.41, 5.74) is 0.387. The number of amides is 1. The van der Waals surface area contributed by atoms with Crippen LogP contribution >= 0.6 is 11.6 Å². The Morgan fingerprint density at radius 1 is 1.07 bits per heavy atom. The van der Waals surface area contributed by atoms with Crippen LogP contribution in [-0.4, -0.2) is 5.91 Å². The van der Waals surface area contributed by atoms with Gasteiger partial charge in [0.2, 0.25) is 0 Å².